The molecule has 6 heteroatoms. The fourth-order valence-electron chi connectivity index (χ4n) is 2.13. The topological polar surface area (TPSA) is 37.3 Å². The van der Waals surface area contributed by atoms with E-state index in [0.29, 0.717) is 12.8 Å². The fourth-order valence-corrected chi connectivity index (χ4v) is 2.13. The normalized spacial score (nSPS) is 14.9. The van der Waals surface area contributed by atoms with Crippen LogP contribution in [0.4, 0.5) is 17.6 Å². The summed E-state index contributed by atoms with van der Waals surface area (Å²) in [7, 11) is 0. The van der Waals surface area contributed by atoms with Crippen LogP contribution in [0.3, 0.4) is 0 Å². The lowest BCUT2D eigenvalue weighted by Gasteiger charge is -2.20. The van der Waals surface area contributed by atoms with E-state index in [9.17, 15) is 27.5 Å². The van der Waals surface area contributed by atoms with Gasteiger partial charge < -0.3 is 5.11 Å². The lowest BCUT2D eigenvalue weighted by Crippen LogP contribution is -2.24. The summed E-state index contributed by atoms with van der Waals surface area (Å²) in [4.78, 5) is 12.0. The highest BCUT2D eigenvalue weighted by Crippen LogP contribution is 2.29. The van der Waals surface area contributed by atoms with Gasteiger partial charge in [0.1, 0.15) is 5.76 Å². The number of aliphatic hydroxyl groups excluding tert-OH is 1. The number of alkyl halides is 4. The molecule has 118 valence electrons. The van der Waals surface area contributed by atoms with Crippen molar-refractivity contribution in [1.82, 2.24) is 0 Å². The Hall–Kier alpha value is -1.07. The largest absolute Gasteiger partial charge is 0.511 e. The van der Waals surface area contributed by atoms with Crippen molar-refractivity contribution in [3.8, 4) is 0 Å². The van der Waals surface area contributed by atoms with E-state index in [4.69, 9.17) is 0 Å². The van der Waals surface area contributed by atoms with Crippen molar-refractivity contribution < 1.29 is 27.5 Å². The molecule has 0 rings (SSSR count). The predicted octanol–water partition coefficient (Wildman–Crippen LogP) is 4.75. The van der Waals surface area contributed by atoms with Crippen molar-refractivity contribution in [2.45, 2.75) is 59.3 Å². The molecule has 0 aliphatic carbocycles. The second-order valence-electron chi connectivity index (χ2n) is 4.71. The Kier molecular flexibility index (Phi) is 8.49. The zero-order chi connectivity index (χ0) is 15.9. The Morgan fingerprint density at radius 1 is 0.950 bits per heavy atom. The molecule has 0 aromatic rings. The lowest BCUT2D eigenvalue weighted by molar-refractivity contribution is -0.121. The van der Waals surface area contributed by atoms with E-state index in [1.807, 2.05) is 0 Å². The van der Waals surface area contributed by atoms with Crippen LogP contribution in [0.25, 0.3) is 0 Å². The number of Topliss-reactive ketones (excluding diaryl/α,β-unsaturated/α-hetero) is 1. The first-order chi connectivity index (χ1) is 9.29. The first kappa shape index (κ1) is 18.9. The number of hydrogen-bond donors (Lipinski definition) is 1. The molecule has 0 heterocycles. The van der Waals surface area contributed by atoms with Crippen LogP contribution >= 0.6 is 0 Å². The van der Waals surface area contributed by atoms with Crippen molar-refractivity contribution in [3.05, 3.63) is 11.3 Å². The molecule has 0 aliphatic heterocycles. The van der Waals surface area contributed by atoms with Gasteiger partial charge in [0.25, 0.3) is 6.43 Å². The number of rotatable bonds is 9. The van der Waals surface area contributed by atoms with Gasteiger partial charge in [-0.05, 0) is 19.3 Å². The Morgan fingerprint density at radius 3 is 1.70 bits per heavy atom. The summed E-state index contributed by atoms with van der Waals surface area (Å²) >= 11 is 0. The van der Waals surface area contributed by atoms with E-state index >= 15 is 0 Å². The van der Waals surface area contributed by atoms with Crippen LogP contribution in [0.1, 0.15) is 46.5 Å². The van der Waals surface area contributed by atoms with Gasteiger partial charge in [0.05, 0.1) is 5.57 Å². The van der Waals surface area contributed by atoms with E-state index in [2.05, 4.69) is 0 Å². The Balaban J connectivity index is 5.50. The minimum absolute atomic E-state index is 0.0720. The van der Waals surface area contributed by atoms with Gasteiger partial charge in [-0.1, -0.05) is 20.8 Å². The van der Waals surface area contributed by atoms with E-state index < -0.39 is 48.2 Å². The van der Waals surface area contributed by atoms with E-state index in [1.165, 1.54) is 6.92 Å². The maximum Gasteiger partial charge on any atom is 0.270 e. The molecule has 1 atom stereocenters. The molecule has 1 N–H and O–H groups in total. The summed E-state index contributed by atoms with van der Waals surface area (Å²) in [6.07, 6.45) is -5.80. The smallest absolute Gasteiger partial charge is 0.270 e. The molecule has 0 radical (unpaired) electrons. The first-order valence-electron chi connectivity index (χ1n) is 6.83. The molecule has 0 spiro atoms. The number of aliphatic hydroxyl groups is 1. The second kappa shape index (κ2) is 8.97. The molecule has 0 amide bonds. The SMILES string of the molecule is CCC(CC)C(=O)C(=C(O)C(CC)CC(F)F)C(F)F. The van der Waals surface area contributed by atoms with Crippen molar-refractivity contribution >= 4 is 5.78 Å². The van der Waals surface area contributed by atoms with E-state index in [0.717, 1.165) is 0 Å². The molecule has 0 aromatic heterocycles. The summed E-state index contributed by atoms with van der Waals surface area (Å²) in [6, 6.07) is 0. The van der Waals surface area contributed by atoms with Crippen LogP contribution in [0.15, 0.2) is 11.3 Å². The maximum absolute atomic E-state index is 13.0. The number of allylic oxidation sites excluding steroid dienone is 2. The van der Waals surface area contributed by atoms with Gasteiger partial charge in [0, 0.05) is 18.3 Å². The van der Waals surface area contributed by atoms with Gasteiger partial charge in [-0.15, -0.1) is 0 Å². The highest BCUT2D eigenvalue weighted by Gasteiger charge is 2.32. The van der Waals surface area contributed by atoms with Crippen molar-refractivity contribution in [3.63, 3.8) is 0 Å². The molecule has 1 unspecified atom stereocenters. The number of ketones is 1. The van der Waals surface area contributed by atoms with Crippen LogP contribution in [0, 0.1) is 11.8 Å². The lowest BCUT2D eigenvalue weighted by atomic mass is 9.88. The van der Waals surface area contributed by atoms with Crippen LogP contribution < -0.4 is 0 Å². The summed E-state index contributed by atoms with van der Waals surface area (Å²) < 4.78 is 50.8. The van der Waals surface area contributed by atoms with Crippen molar-refractivity contribution in [1.29, 1.82) is 0 Å². The molecule has 0 saturated carbocycles. The van der Waals surface area contributed by atoms with Gasteiger partial charge in [0.2, 0.25) is 6.43 Å². The van der Waals surface area contributed by atoms with E-state index in [-0.39, 0.29) is 6.42 Å². The summed E-state index contributed by atoms with van der Waals surface area (Å²) in [5.74, 6) is -3.45. The Bertz CT molecular complexity index is 336. The highest BCUT2D eigenvalue weighted by molar-refractivity contribution is 5.98. The third-order valence-electron chi connectivity index (χ3n) is 3.46. The van der Waals surface area contributed by atoms with Crippen LogP contribution in [0.2, 0.25) is 0 Å². The third kappa shape index (κ3) is 5.13. The predicted molar refractivity (Wildman–Crippen MR) is 69.1 cm³/mol. The van der Waals surface area contributed by atoms with Gasteiger partial charge in [0.15, 0.2) is 5.78 Å². The Morgan fingerprint density at radius 2 is 1.40 bits per heavy atom. The number of carbonyl (C=O) groups is 1. The molecular weight excluding hydrogens is 276 g/mol. The number of carbonyl (C=O) groups excluding carboxylic acids is 1. The molecule has 0 aliphatic rings. The Labute approximate surface area is 116 Å². The highest BCUT2D eigenvalue weighted by atomic mass is 19.3. The van der Waals surface area contributed by atoms with Gasteiger partial charge in [-0.2, -0.15) is 0 Å². The van der Waals surface area contributed by atoms with E-state index in [1.54, 1.807) is 13.8 Å². The molecule has 0 bridgehead atoms. The van der Waals surface area contributed by atoms with Crippen molar-refractivity contribution in [2.75, 3.05) is 0 Å². The minimum Gasteiger partial charge on any atom is -0.511 e. The van der Waals surface area contributed by atoms with Gasteiger partial charge in [-0.3, -0.25) is 4.79 Å². The average molecular weight is 298 g/mol. The first-order valence-corrected chi connectivity index (χ1v) is 6.83. The van der Waals surface area contributed by atoms with Gasteiger partial charge in [-0.25, -0.2) is 17.6 Å². The third-order valence-corrected chi connectivity index (χ3v) is 3.46. The molecule has 0 aromatic carbocycles. The average Bonchev–Trinajstić information content (AvgIpc) is 2.36. The molecule has 0 fully saturated rings. The second-order valence-corrected chi connectivity index (χ2v) is 4.71. The maximum atomic E-state index is 13.0. The standard InChI is InChI=1S/C14H22F4O2/c1-4-8(5-2)12(19)11(14(17)18)13(20)9(6-3)7-10(15)16/h8-10,14,20H,4-7H2,1-3H3. The molecule has 20 heavy (non-hydrogen) atoms. The summed E-state index contributed by atoms with van der Waals surface area (Å²) in [6.45, 7) is 4.87. The zero-order valence-corrected chi connectivity index (χ0v) is 12.0. The summed E-state index contributed by atoms with van der Waals surface area (Å²) in [5, 5.41) is 9.84. The van der Waals surface area contributed by atoms with Gasteiger partial charge >= 0.3 is 0 Å². The van der Waals surface area contributed by atoms with Crippen LogP contribution in [-0.2, 0) is 4.79 Å². The number of halogens is 4. The van der Waals surface area contributed by atoms with Crippen molar-refractivity contribution in [2.24, 2.45) is 11.8 Å². The fraction of sp³-hybridized carbons (Fsp3) is 0.786. The number of hydrogen-bond acceptors (Lipinski definition) is 2. The minimum atomic E-state index is -3.16. The van der Waals surface area contributed by atoms with Crippen LogP contribution in [-0.4, -0.2) is 23.7 Å². The van der Waals surface area contributed by atoms with Crippen LogP contribution in [0.5, 0.6) is 0 Å². The zero-order valence-electron chi connectivity index (χ0n) is 12.0. The molecule has 0 saturated heterocycles. The molecule has 2 nitrogen and oxygen atoms in total. The molecular formula is C14H22F4O2. The quantitative estimate of drug-likeness (QED) is 0.379. The monoisotopic (exact) mass is 298 g/mol. The summed E-state index contributed by atoms with van der Waals surface area (Å²) in [5.41, 5.74) is -0.994.